The summed E-state index contributed by atoms with van der Waals surface area (Å²) in [6.07, 6.45) is 9.02. The van der Waals surface area contributed by atoms with Gasteiger partial charge in [0, 0.05) is 36.8 Å². The van der Waals surface area contributed by atoms with Gasteiger partial charge in [-0.3, -0.25) is 9.59 Å². The fraction of sp³-hybridized carbons (Fsp3) is 0.368. The van der Waals surface area contributed by atoms with E-state index in [1.165, 1.54) is 13.8 Å². The normalized spacial score (nSPS) is 20.0. The molecule has 0 saturated carbocycles. The van der Waals surface area contributed by atoms with E-state index in [9.17, 15) is 9.59 Å². The third kappa shape index (κ3) is 3.70. The Kier molecular flexibility index (Phi) is 5.37. The molecule has 0 aromatic heterocycles. The quantitative estimate of drug-likeness (QED) is 0.473. The Morgan fingerprint density at radius 2 is 1.30 bits per heavy atom. The number of rotatable bonds is 4. The van der Waals surface area contributed by atoms with Crippen LogP contribution < -0.4 is 9.47 Å². The third-order valence-corrected chi connectivity index (χ3v) is 3.81. The molecule has 0 aliphatic heterocycles. The summed E-state index contributed by atoms with van der Waals surface area (Å²) in [6.45, 7) is 6.69. The second-order valence-corrected chi connectivity index (χ2v) is 5.58. The molecule has 0 heterocycles. The molecule has 0 radical (unpaired) electrons. The maximum atomic E-state index is 11.4. The first-order valence-electron chi connectivity index (χ1n) is 7.77. The molecule has 23 heavy (non-hydrogen) atoms. The van der Waals surface area contributed by atoms with Crippen LogP contribution in [0.15, 0.2) is 36.4 Å². The van der Waals surface area contributed by atoms with Gasteiger partial charge in [0.2, 0.25) is 0 Å². The van der Waals surface area contributed by atoms with Gasteiger partial charge in [-0.25, -0.2) is 0 Å². The van der Waals surface area contributed by atoms with Crippen LogP contribution in [0.1, 0.15) is 57.1 Å². The van der Waals surface area contributed by atoms with Crippen LogP contribution in [0.2, 0.25) is 0 Å². The molecule has 0 fully saturated rings. The summed E-state index contributed by atoms with van der Waals surface area (Å²) in [6, 6.07) is 3.40. The van der Waals surface area contributed by atoms with Crippen molar-refractivity contribution in [3.05, 3.63) is 47.6 Å². The number of carbonyl (C=O) groups excluding carboxylic acids is 2. The highest BCUT2D eigenvalue weighted by atomic mass is 16.5. The van der Waals surface area contributed by atoms with Crippen molar-refractivity contribution in [2.45, 2.75) is 46.0 Å². The number of hydrogen-bond acceptors (Lipinski definition) is 4. The van der Waals surface area contributed by atoms with Crippen LogP contribution >= 0.6 is 0 Å². The lowest BCUT2D eigenvalue weighted by molar-refractivity contribution is -0.133. The van der Waals surface area contributed by atoms with E-state index in [2.05, 4.69) is 12.2 Å². The van der Waals surface area contributed by atoms with Crippen molar-refractivity contribution in [2.24, 2.45) is 0 Å². The predicted molar refractivity (Wildman–Crippen MR) is 88.8 cm³/mol. The average Bonchev–Trinajstić information content (AvgIpc) is 2.81. The molecule has 4 heteroatoms. The molecule has 1 aromatic carbocycles. The molecule has 122 valence electrons. The summed E-state index contributed by atoms with van der Waals surface area (Å²) in [5.41, 5.74) is 1.86. The van der Waals surface area contributed by atoms with E-state index in [-0.39, 0.29) is 23.8 Å². The maximum Gasteiger partial charge on any atom is 0.308 e. The van der Waals surface area contributed by atoms with E-state index in [1.807, 2.05) is 26.0 Å². The summed E-state index contributed by atoms with van der Waals surface area (Å²) in [5.74, 6) is 0.612. The van der Waals surface area contributed by atoms with Crippen molar-refractivity contribution in [3.63, 3.8) is 0 Å². The van der Waals surface area contributed by atoms with Gasteiger partial charge in [-0.1, -0.05) is 24.3 Å². The monoisotopic (exact) mass is 314 g/mol. The molecular formula is C19H22O4. The van der Waals surface area contributed by atoms with Gasteiger partial charge in [0.1, 0.15) is 11.5 Å². The molecule has 1 aliphatic carbocycles. The van der Waals surface area contributed by atoms with Crippen LogP contribution in [0.4, 0.5) is 0 Å². The van der Waals surface area contributed by atoms with E-state index in [1.54, 1.807) is 12.1 Å². The first-order valence-corrected chi connectivity index (χ1v) is 7.77. The van der Waals surface area contributed by atoms with Gasteiger partial charge < -0.3 is 9.47 Å². The zero-order valence-electron chi connectivity index (χ0n) is 14.0. The van der Waals surface area contributed by atoms with Gasteiger partial charge in [0.05, 0.1) is 0 Å². The molecule has 0 bridgehead atoms. The SMILES string of the molecule is C/C=C/C1CC(/C=C/C)c2c(OC(C)=O)ccc(OC(C)=O)c21. The minimum absolute atomic E-state index is 0.126. The maximum absolute atomic E-state index is 11.4. The number of ether oxygens (including phenoxy) is 2. The second-order valence-electron chi connectivity index (χ2n) is 5.58. The summed E-state index contributed by atoms with van der Waals surface area (Å²) in [7, 11) is 0. The minimum Gasteiger partial charge on any atom is -0.426 e. The van der Waals surface area contributed by atoms with Crippen molar-refractivity contribution in [3.8, 4) is 11.5 Å². The lowest BCUT2D eigenvalue weighted by Crippen LogP contribution is -2.08. The van der Waals surface area contributed by atoms with E-state index in [4.69, 9.17) is 9.47 Å². The number of benzene rings is 1. The molecule has 0 spiro atoms. The Morgan fingerprint density at radius 1 is 0.913 bits per heavy atom. The summed E-state index contributed by atoms with van der Waals surface area (Å²) in [4.78, 5) is 22.8. The Hall–Kier alpha value is -2.36. The highest BCUT2D eigenvalue weighted by molar-refractivity contribution is 5.73. The highest BCUT2D eigenvalue weighted by Crippen LogP contribution is 2.51. The fourth-order valence-corrected chi connectivity index (χ4v) is 3.17. The fourth-order valence-electron chi connectivity index (χ4n) is 3.17. The van der Waals surface area contributed by atoms with Gasteiger partial charge in [0.25, 0.3) is 0 Å². The Labute approximate surface area is 136 Å². The van der Waals surface area contributed by atoms with Crippen molar-refractivity contribution in [2.75, 3.05) is 0 Å². The van der Waals surface area contributed by atoms with Crippen LogP contribution in [0, 0.1) is 0 Å². The zero-order chi connectivity index (χ0) is 17.0. The third-order valence-electron chi connectivity index (χ3n) is 3.81. The van der Waals surface area contributed by atoms with Crippen molar-refractivity contribution >= 4 is 11.9 Å². The number of hydrogen-bond donors (Lipinski definition) is 0. The van der Waals surface area contributed by atoms with Crippen LogP contribution in [0.5, 0.6) is 11.5 Å². The topological polar surface area (TPSA) is 52.6 Å². The van der Waals surface area contributed by atoms with Gasteiger partial charge in [-0.15, -0.1) is 0 Å². The average molecular weight is 314 g/mol. The zero-order valence-corrected chi connectivity index (χ0v) is 14.0. The summed E-state index contributed by atoms with van der Waals surface area (Å²) < 4.78 is 10.8. The molecule has 0 N–H and O–H groups in total. The molecule has 2 rings (SSSR count). The second kappa shape index (κ2) is 7.27. The van der Waals surface area contributed by atoms with Gasteiger partial charge in [-0.05, 0) is 32.4 Å². The lowest BCUT2D eigenvalue weighted by Gasteiger charge is -2.15. The molecule has 1 aromatic rings. The standard InChI is InChI=1S/C19H22O4/c1-5-7-14-11-15(8-6-2)19-17(23-13(4)21)10-9-16(18(14)19)22-12(3)20/h5-10,14-15H,11H2,1-4H3/b7-5+,8-6+. The molecule has 2 atom stereocenters. The molecule has 2 unspecified atom stereocenters. The molecular weight excluding hydrogens is 292 g/mol. The van der Waals surface area contributed by atoms with E-state index < -0.39 is 0 Å². The van der Waals surface area contributed by atoms with Crippen molar-refractivity contribution in [1.29, 1.82) is 0 Å². The van der Waals surface area contributed by atoms with Crippen molar-refractivity contribution in [1.82, 2.24) is 0 Å². The molecule has 4 nitrogen and oxygen atoms in total. The van der Waals surface area contributed by atoms with Gasteiger partial charge in [-0.2, -0.15) is 0 Å². The highest BCUT2D eigenvalue weighted by Gasteiger charge is 2.34. The Balaban J connectivity index is 2.64. The summed E-state index contributed by atoms with van der Waals surface area (Å²) >= 11 is 0. The van der Waals surface area contributed by atoms with Crippen LogP contribution in [-0.4, -0.2) is 11.9 Å². The largest absolute Gasteiger partial charge is 0.426 e. The van der Waals surface area contributed by atoms with Gasteiger partial charge in [0.15, 0.2) is 0 Å². The summed E-state index contributed by atoms with van der Waals surface area (Å²) in [5, 5.41) is 0. The van der Waals surface area contributed by atoms with E-state index in [0.29, 0.717) is 11.5 Å². The first kappa shape index (κ1) is 17.0. The number of allylic oxidation sites excluding steroid dienone is 4. The van der Waals surface area contributed by atoms with E-state index >= 15 is 0 Å². The van der Waals surface area contributed by atoms with E-state index in [0.717, 1.165) is 17.5 Å². The number of carbonyl (C=O) groups is 2. The Morgan fingerprint density at radius 3 is 1.61 bits per heavy atom. The van der Waals surface area contributed by atoms with Gasteiger partial charge >= 0.3 is 11.9 Å². The first-order chi connectivity index (χ1) is 11.0. The minimum atomic E-state index is -0.360. The van der Waals surface area contributed by atoms with Crippen LogP contribution in [0.3, 0.4) is 0 Å². The Bertz CT molecular complexity index is 613. The smallest absolute Gasteiger partial charge is 0.308 e. The number of esters is 2. The number of fused-ring (bicyclic) bond motifs is 1. The van der Waals surface area contributed by atoms with Crippen LogP contribution in [-0.2, 0) is 9.59 Å². The predicted octanol–water partition coefficient (Wildman–Crippen LogP) is 4.26. The molecule has 0 saturated heterocycles. The van der Waals surface area contributed by atoms with Crippen molar-refractivity contribution < 1.29 is 19.1 Å². The molecule has 1 aliphatic rings. The lowest BCUT2D eigenvalue weighted by atomic mass is 9.98. The van der Waals surface area contributed by atoms with Crippen LogP contribution in [0.25, 0.3) is 0 Å². The molecule has 0 amide bonds.